The summed E-state index contributed by atoms with van der Waals surface area (Å²) in [5, 5.41) is 7.51. The van der Waals surface area contributed by atoms with Crippen molar-refractivity contribution in [1.82, 2.24) is 19.3 Å². The van der Waals surface area contributed by atoms with Crippen LogP contribution in [0.1, 0.15) is 51.0 Å². The van der Waals surface area contributed by atoms with E-state index < -0.39 is 5.91 Å². The largest absolute Gasteiger partial charge is 0.494 e. The number of ether oxygens (including phenoxy) is 1. The molecule has 12 nitrogen and oxygen atoms in total. The van der Waals surface area contributed by atoms with Crippen molar-refractivity contribution in [2.24, 2.45) is 16.5 Å². The molecule has 0 saturated heterocycles. The van der Waals surface area contributed by atoms with E-state index in [1.807, 2.05) is 35.8 Å². The minimum atomic E-state index is -0.612. The number of nitrogens with zero attached hydrogens (tertiary/aromatic N) is 5. The van der Waals surface area contributed by atoms with Crippen LogP contribution in [0.5, 0.6) is 5.75 Å². The molecule has 0 aliphatic heterocycles. The van der Waals surface area contributed by atoms with Crippen LogP contribution >= 0.6 is 0 Å². The summed E-state index contributed by atoms with van der Waals surface area (Å²) in [6.07, 6.45) is 2.67. The fraction of sp³-hybridized carbons (Fsp3) is 0.296. The Morgan fingerprint density at radius 3 is 2.67 bits per heavy atom. The maximum atomic E-state index is 13.5. The van der Waals surface area contributed by atoms with Gasteiger partial charge >= 0.3 is 0 Å². The molecule has 39 heavy (non-hydrogen) atoms. The van der Waals surface area contributed by atoms with Gasteiger partial charge in [0.25, 0.3) is 5.91 Å². The lowest BCUT2D eigenvalue weighted by Crippen LogP contribution is -2.20. The van der Waals surface area contributed by atoms with Crippen molar-refractivity contribution in [2.75, 3.05) is 19.0 Å². The number of imidazole rings is 1. The molecule has 0 aliphatic carbocycles. The van der Waals surface area contributed by atoms with Crippen LogP contribution < -0.4 is 21.5 Å². The van der Waals surface area contributed by atoms with E-state index in [1.54, 1.807) is 29.0 Å². The highest BCUT2D eigenvalue weighted by atomic mass is 16.5. The highest BCUT2D eigenvalue weighted by Crippen LogP contribution is 2.31. The number of aliphatic imine (C=N–C) groups is 1. The average Bonchev–Trinajstić information content (AvgIpc) is 3.50. The zero-order chi connectivity index (χ0) is 27.9. The number of rotatable bonds is 12. The van der Waals surface area contributed by atoms with Crippen molar-refractivity contribution in [3.8, 4) is 5.75 Å². The Hall–Kier alpha value is -4.80. The van der Waals surface area contributed by atoms with Gasteiger partial charge < -0.3 is 20.8 Å². The number of anilines is 1. The monoisotopic (exact) mass is 530 g/mol. The zero-order valence-corrected chi connectivity index (χ0v) is 21.8. The number of carbonyl (C=O) groups is 2. The summed E-state index contributed by atoms with van der Waals surface area (Å²) in [6.45, 7) is 3.54. The van der Waals surface area contributed by atoms with E-state index in [0.29, 0.717) is 60.6 Å². The minimum Gasteiger partial charge on any atom is -0.494 e. The van der Waals surface area contributed by atoms with E-state index in [9.17, 15) is 14.4 Å². The third kappa shape index (κ3) is 6.03. The highest BCUT2D eigenvalue weighted by molar-refractivity contribution is 6.04. The molecule has 0 atom stereocenters. The van der Waals surface area contributed by atoms with Crippen LogP contribution in [0.25, 0.3) is 11.0 Å². The summed E-state index contributed by atoms with van der Waals surface area (Å²) in [5.41, 5.74) is 15.5. The van der Waals surface area contributed by atoms with Crippen LogP contribution in [0.4, 0.5) is 5.95 Å². The Labute approximate surface area is 224 Å². The molecule has 2 heterocycles. The first-order valence-electron chi connectivity index (χ1n) is 12.5. The SMILES string of the molecule is CCn1nc(Cc2cccc(CN=C=O)c2)cc1C(=O)Nc1nc2cc(C(N)=O)cc(OC)c2n1CCCN. The van der Waals surface area contributed by atoms with Gasteiger partial charge in [-0.15, -0.1) is 0 Å². The predicted octanol–water partition coefficient (Wildman–Crippen LogP) is 2.39. The second kappa shape index (κ2) is 12.2. The zero-order valence-electron chi connectivity index (χ0n) is 21.8. The summed E-state index contributed by atoms with van der Waals surface area (Å²) in [6, 6.07) is 12.5. The quantitative estimate of drug-likeness (QED) is 0.186. The number of fused-ring (bicyclic) bond motifs is 1. The maximum absolute atomic E-state index is 13.5. The van der Waals surface area contributed by atoms with Crippen molar-refractivity contribution in [1.29, 1.82) is 0 Å². The number of isocyanates is 1. The molecule has 5 N–H and O–H groups in total. The molecule has 0 saturated carbocycles. The van der Waals surface area contributed by atoms with Gasteiger partial charge in [0.2, 0.25) is 17.9 Å². The van der Waals surface area contributed by atoms with Gasteiger partial charge in [0.05, 0.1) is 24.9 Å². The fourth-order valence-electron chi connectivity index (χ4n) is 4.41. The lowest BCUT2D eigenvalue weighted by Gasteiger charge is -2.12. The number of nitrogens with two attached hydrogens (primary N) is 2. The van der Waals surface area contributed by atoms with Crippen LogP contribution in [-0.2, 0) is 30.8 Å². The van der Waals surface area contributed by atoms with E-state index >= 15 is 0 Å². The molecule has 4 rings (SSSR count). The van der Waals surface area contributed by atoms with Gasteiger partial charge in [0.1, 0.15) is 17.0 Å². The van der Waals surface area contributed by atoms with Crippen LogP contribution in [0.15, 0.2) is 47.5 Å². The number of aromatic nitrogens is 4. The maximum Gasteiger partial charge on any atom is 0.276 e. The van der Waals surface area contributed by atoms with E-state index in [1.165, 1.54) is 7.11 Å². The van der Waals surface area contributed by atoms with E-state index in [2.05, 4.69) is 20.4 Å². The molecule has 0 aliphatic rings. The summed E-state index contributed by atoms with van der Waals surface area (Å²) < 4.78 is 8.96. The Morgan fingerprint density at radius 2 is 1.97 bits per heavy atom. The standard InChI is InChI=1S/C27H30N8O4/c1-3-35-22(14-20(33-35)11-17-6-4-7-18(10-17)15-30-16-36)26(38)32-27-31-21-12-19(25(29)37)13-23(39-2)24(21)34(27)9-5-8-28/h4,6-7,10,12-14H,3,5,8-9,11,15,28H2,1-2H3,(H2,29,37)(H,31,32,38). The van der Waals surface area contributed by atoms with Crippen LogP contribution in [-0.4, -0.2) is 50.9 Å². The number of amides is 2. The molecule has 0 radical (unpaired) electrons. The van der Waals surface area contributed by atoms with Crippen LogP contribution in [0, 0.1) is 0 Å². The Bertz CT molecular complexity index is 1570. The third-order valence-corrected chi connectivity index (χ3v) is 6.19. The smallest absolute Gasteiger partial charge is 0.276 e. The van der Waals surface area contributed by atoms with Crippen molar-refractivity contribution >= 4 is 34.9 Å². The summed E-state index contributed by atoms with van der Waals surface area (Å²) in [4.78, 5) is 43.9. The summed E-state index contributed by atoms with van der Waals surface area (Å²) >= 11 is 0. The van der Waals surface area contributed by atoms with Gasteiger partial charge in [-0.3, -0.25) is 19.6 Å². The molecule has 0 fully saturated rings. The van der Waals surface area contributed by atoms with Gasteiger partial charge in [-0.25, -0.2) is 14.8 Å². The Balaban J connectivity index is 1.66. The Morgan fingerprint density at radius 1 is 1.18 bits per heavy atom. The molecule has 2 aromatic heterocycles. The molecule has 0 unspecified atom stereocenters. The van der Waals surface area contributed by atoms with E-state index in [0.717, 1.165) is 11.1 Å². The first kappa shape index (κ1) is 27.2. The summed E-state index contributed by atoms with van der Waals surface area (Å²) in [7, 11) is 1.49. The van der Waals surface area contributed by atoms with Crippen molar-refractivity contribution in [3.05, 3.63) is 70.5 Å². The van der Waals surface area contributed by atoms with Gasteiger partial charge in [-0.2, -0.15) is 5.10 Å². The molecule has 2 aromatic carbocycles. The molecule has 0 spiro atoms. The fourth-order valence-corrected chi connectivity index (χ4v) is 4.41. The number of carbonyl (C=O) groups excluding carboxylic acids is 3. The molecule has 2 amide bonds. The third-order valence-electron chi connectivity index (χ3n) is 6.19. The lowest BCUT2D eigenvalue weighted by atomic mass is 10.1. The van der Waals surface area contributed by atoms with Gasteiger partial charge in [0.15, 0.2) is 0 Å². The number of hydrogen-bond acceptors (Lipinski definition) is 8. The average molecular weight is 531 g/mol. The lowest BCUT2D eigenvalue weighted by molar-refractivity contribution is 0.0995. The number of primary amides is 1. The van der Waals surface area contributed by atoms with Gasteiger partial charge in [-0.05, 0) is 49.2 Å². The normalized spacial score (nSPS) is 10.8. The van der Waals surface area contributed by atoms with Crippen LogP contribution in [0.3, 0.4) is 0 Å². The number of hydrogen-bond donors (Lipinski definition) is 3. The second-order valence-electron chi connectivity index (χ2n) is 8.83. The Kier molecular flexibility index (Phi) is 8.50. The minimum absolute atomic E-state index is 0.247. The van der Waals surface area contributed by atoms with Gasteiger partial charge in [0, 0.05) is 25.1 Å². The summed E-state index contributed by atoms with van der Waals surface area (Å²) in [5.74, 6) is -0.299. The van der Waals surface area contributed by atoms with E-state index in [4.69, 9.17) is 16.2 Å². The first-order valence-corrected chi connectivity index (χ1v) is 12.5. The number of aryl methyl sites for hydroxylation is 2. The van der Waals surface area contributed by atoms with E-state index in [-0.39, 0.29) is 24.0 Å². The molecular weight excluding hydrogens is 500 g/mol. The van der Waals surface area contributed by atoms with Crippen molar-refractivity contribution in [3.63, 3.8) is 0 Å². The van der Waals surface area contributed by atoms with Gasteiger partial charge in [-0.1, -0.05) is 24.3 Å². The number of benzene rings is 2. The van der Waals surface area contributed by atoms with Crippen LogP contribution in [0.2, 0.25) is 0 Å². The molecule has 4 aromatic rings. The molecule has 12 heteroatoms. The molecule has 0 bridgehead atoms. The van der Waals surface area contributed by atoms with Crippen molar-refractivity contribution < 1.29 is 19.1 Å². The first-order chi connectivity index (χ1) is 18.9. The second-order valence-corrected chi connectivity index (χ2v) is 8.83. The number of nitrogens with one attached hydrogen (secondary N) is 1. The topological polar surface area (TPSA) is 173 Å². The molecular formula is C27H30N8O4. The van der Waals surface area contributed by atoms with Crippen molar-refractivity contribution in [2.45, 2.75) is 39.4 Å². The predicted molar refractivity (Wildman–Crippen MR) is 145 cm³/mol. The molecule has 202 valence electrons. The highest BCUT2D eigenvalue weighted by Gasteiger charge is 2.22. The number of methoxy groups -OCH3 is 1.